The minimum atomic E-state index is -1.17. The molecule has 2 aromatic heterocycles. The number of carboxylic acid groups (broad SMARTS) is 1. The smallest absolute Gasteiger partial charge is 0.407 e. The second kappa shape index (κ2) is 16.5. The molecule has 0 unspecified atom stereocenters. The molecule has 292 valence electrons. The topological polar surface area (TPSA) is 142 Å². The Bertz CT molecular complexity index is 2170. The normalized spacial score (nSPS) is 18.0. The molecular weight excluding hydrogens is 712 g/mol. The van der Waals surface area contributed by atoms with Crippen LogP contribution in [0.4, 0.5) is 9.18 Å². The van der Waals surface area contributed by atoms with Crippen LogP contribution in [0.25, 0.3) is 33.6 Å². The molecule has 0 radical (unpaired) electrons. The van der Waals surface area contributed by atoms with Gasteiger partial charge in [-0.3, -0.25) is 19.4 Å². The molecule has 3 amide bonds. The minimum Gasteiger partial charge on any atom is -0.465 e. The van der Waals surface area contributed by atoms with Gasteiger partial charge < -0.3 is 24.9 Å². The average molecular weight is 761 g/mol. The van der Waals surface area contributed by atoms with Gasteiger partial charge in [0.05, 0.1) is 35.9 Å². The molecule has 2 aliphatic rings. The van der Waals surface area contributed by atoms with Crippen LogP contribution >= 0.6 is 0 Å². The molecule has 0 spiro atoms. The van der Waals surface area contributed by atoms with Crippen LogP contribution in [0.15, 0.2) is 85.2 Å². The number of halogens is 1. The van der Waals surface area contributed by atoms with Crippen LogP contribution in [0.3, 0.4) is 0 Å². The maximum atomic E-state index is 15.7. The molecule has 0 saturated carbocycles. The number of carbonyl (C=O) groups is 3. The van der Waals surface area contributed by atoms with E-state index in [1.165, 1.54) is 13.1 Å². The maximum Gasteiger partial charge on any atom is 0.407 e. The summed E-state index contributed by atoms with van der Waals surface area (Å²) in [4.78, 5) is 61.6. The molecule has 3 aromatic carbocycles. The number of amides is 3. The van der Waals surface area contributed by atoms with Crippen LogP contribution < -0.4 is 0 Å². The van der Waals surface area contributed by atoms with E-state index in [1.54, 1.807) is 24.1 Å². The lowest BCUT2D eigenvalue weighted by atomic mass is 10.0. The van der Waals surface area contributed by atoms with Gasteiger partial charge in [0.1, 0.15) is 29.5 Å². The Labute approximate surface area is 326 Å². The van der Waals surface area contributed by atoms with E-state index in [0.717, 1.165) is 65.5 Å². The van der Waals surface area contributed by atoms with Gasteiger partial charge in [-0.2, -0.15) is 0 Å². The molecule has 0 aliphatic carbocycles. The molecular formula is C43H49FN8O4. The summed E-state index contributed by atoms with van der Waals surface area (Å²) in [6, 6.07) is 21.3. The summed E-state index contributed by atoms with van der Waals surface area (Å²) in [5.41, 5.74) is 5.19. The first kappa shape index (κ1) is 38.5. The number of aromatic nitrogens is 4. The van der Waals surface area contributed by atoms with Gasteiger partial charge >= 0.3 is 6.09 Å². The van der Waals surface area contributed by atoms with E-state index in [2.05, 4.69) is 33.7 Å². The summed E-state index contributed by atoms with van der Waals surface area (Å²) in [6.45, 7) is 8.46. The lowest BCUT2D eigenvalue weighted by Gasteiger charge is -2.34. The largest absolute Gasteiger partial charge is 0.465 e. The van der Waals surface area contributed by atoms with E-state index in [9.17, 15) is 19.5 Å². The van der Waals surface area contributed by atoms with Gasteiger partial charge in [-0.15, -0.1) is 0 Å². The highest BCUT2D eigenvalue weighted by Crippen LogP contribution is 2.37. The number of hydrogen-bond acceptors (Lipinski definition) is 6. The van der Waals surface area contributed by atoms with E-state index in [0.29, 0.717) is 42.2 Å². The molecule has 2 aliphatic heterocycles. The number of likely N-dealkylation sites (N-methyl/N-ethyl adjacent to an activating group) is 2. The molecule has 12 nitrogen and oxygen atoms in total. The Morgan fingerprint density at radius 3 is 1.95 bits per heavy atom. The number of aromatic amines is 2. The standard InChI is InChI=1S/C43H49FN8O4/c1-5-50(6-2)38(30-12-8-7-9-13-30)42(54)52-23-11-15-37(52)39-45-25-34(47-39)29-18-16-28(17-19-29)31-20-21-32(33(44)24-31)35-26-46-40(48-35)36-14-10-22-51(36)41(53)27(3)49(4)43(55)56/h7-9,12-13,16-21,24-27,36-38H,5-6,10-11,14-15,22-23H2,1-4H3,(H,45,47)(H,46,48)(H,55,56)/t27-,36-,37-,38+/m0/s1. The molecule has 5 aromatic rings. The van der Waals surface area contributed by atoms with Gasteiger partial charge in [-0.25, -0.2) is 19.2 Å². The van der Waals surface area contributed by atoms with Gasteiger partial charge in [-0.1, -0.05) is 74.5 Å². The Morgan fingerprint density at radius 2 is 1.36 bits per heavy atom. The lowest BCUT2D eigenvalue weighted by Crippen LogP contribution is -2.47. The Hall–Kier alpha value is -5.82. The highest BCUT2D eigenvalue weighted by Gasteiger charge is 2.39. The van der Waals surface area contributed by atoms with Gasteiger partial charge in [0.25, 0.3) is 0 Å². The lowest BCUT2D eigenvalue weighted by molar-refractivity contribution is -0.138. The van der Waals surface area contributed by atoms with E-state index in [-0.39, 0.29) is 29.9 Å². The number of hydrogen-bond donors (Lipinski definition) is 3. The SMILES string of the molecule is CCN(CC)[C@@H](C(=O)N1CCC[C@H]1c1ncc(-c2ccc(-c3ccc(-c4cnc([C@@H]5CCCN5C(=O)[C@H](C)N(C)C(=O)O)[nH]4)c(F)c3)cc2)[nH]1)c1ccccc1. The molecule has 13 heteroatoms. The van der Waals surface area contributed by atoms with Crippen molar-refractivity contribution in [2.75, 3.05) is 33.2 Å². The number of nitrogens with zero attached hydrogens (tertiary/aromatic N) is 6. The molecule has 3 N–H and O–H groups in total. The number of likely N-dealkylation sites (tertiary alicyclic amines) is 2. The van der Waals surface area contributed by atoms with Gasteiger partial charge in [0, 0.05) is 25.7 Å². The predicted molar refractivity (Wildman–Crippen MR) is 212 cm³/mol. The van der Waals surface area contributed by atoms with E-state index < -0.39 is 18.0 Å². The molecule has 4 atom stereocenters. The van der Waals surface area contributed by atoms with Crippen LogP contribution in [-0.2, 0) is 9.59 Å². The summed E-state index contributed by atoms with van der Waals surface area (Å²) in [5.74, 6) is 0.706. The zero-order chi connectivity index (χ0) is 39.5. The number of imidazole rings is 2. The van der Waals surface area contributed by atoms with E-state index >= 15 is 4.39 Å². The second-order valence-electron chi connectivity index (χ2n) is 14.6. The van der Waals surface area contributed by atoms with E-state index in [1.807, 2.05) is 71.8 Å². The second-order valence-corrected chi connectivity index (χ2v) is 14.6. The summed E-state index contributed by atoms with van der Waals surface area (Å²) in [7, 11) is 1.38. The predicted octanol–water partition coefficient (Wildman–Crippen LogP) is 7.68. The monoisotopic (exact) mass is 760 g/mol. The van der Waals surface area contributed by atoms with E-state index in [4.69, 9.17) is 4.98 Å². The highest BCUT2D eigenvalue weighted by atomic mass is 19.1. The zero-order valence-electron chi connectivity index (χ0n) is 32.3. The van der Waals surface area contributed by atoms with Crippen LogP contribution in [0.1, 0.15) is 81.8 Å². The fourth-order valence-corrected chi connectivity index (χ4v) is 8.14. The summed E-state index contributed by atoms with van der Waals surface area (Å²) >= 11 is 0. The summed E-state index contributed by atoms with van der Waals surface area (Å²) in [6.07, 6.45) is 5.38. The fourth-order valence-electron chi connectivity index (χ4n) is 8.14. The highest BCUT2D eigenvalue weighted by molar-refractivity contribution is 5.85. The number of nitrogens with one attached hydrogen (secondary N) is 2. The Morgan fingerprint density at radius 1 is 0.804 bits per heavy atom. The first-order valence-electron chi connectivity index (χ1n) is 19.5. The molecule has 2 fully saturated rings. The van der Waals surface area contributed by atoms with Crippen LogP contribution in [0, 0.1) is 5.82 Å². The first-order chi connectivity index (χ1) is 27.1. The van der Waals surface area contributed by atoms with Crippen molar-refractivity contribution in [1.82, 2.24) is 39.5 Å². The van der Waals surface area contributed by atoms with Crippen molar-refractivity contribution < 1.29 is 23.9 Å². The first-order valence-corrected chi connectivity index (χ1v) is 19.5. The summed E-state index contributed by atoms with van der Waals surface area (Å²) < 4.78 is 15.7. The average Bonchev–Trinajstić information content (AvgIpc) is 4.06. The van der Waals surface area contributed by atoms with Crippen molar-refractivity contribution in [3.63, 3.8) is 0 Å². The zero-order valence-corrected chi connectivity index (χ0v) is 32.3. The number of benzene rings is 3. The van der Waals surface area contributed by atoms with Crippen molar-refractivity contribution in [2.45, 2.75) is 70.6 Å². The van der Waals surface area contributed by atoms with Crippen molar-refractivity contribution in [2.24, 2.45) is 0 Å². The third kappa shape index (κ3) is 7.55. The molecule has 0 bridgehead atoms. The van der Waals surface area contributed by atoms with Crippen LogP contribution in [0.5, 0.6) is 0 Å². The van der Waals surface area contributed by atoms with Crippen LogP contribution in [0.2, 0.25) is 0 Å². The number of carbonyl (C=O) groups excluding carboxylic acids is 2. The van der Waals surface area contributed by atoms with Crippen LogP contribution in [-0.4, -0.2) is 102 Å². The van der Waals surface area contributed by atoms with Crippen molar-refractivity contribution in [1.29, 1.82) is 0 Å². The molecule has 56 heavy (non-hydrogen) atoms. The quantitative estimate of drug-likeness (QED) is 0.118. The third-order valence-electron chi connectivity index (χ3n) is 11.4. The third-order valence-corrected chi connectivity index (χ3v) is 11.4. The Balaban J connectivity index is 1.04. The Kier molecular flexibility index (Phi) is 11.3. The maximum absolute atomic E-state index is 15.7. The number of H-pyrrole nitrogens is 2. The van der Waals surface area contributed by atoms with Gasteiger partial charge in [0.15, 0.2) is 0 Å². The molecule has 7 rings (SSSR count). The van der Waals surface area contributed by atoms with Crippen molar-refractivity contribution in [3.05, 3.63) is 108 Å². The number of rotatable bonds is 12. The van der Waals surface area contributed by atoms with Crippen molar-refractivity contribution in [3.8, 4) is 33.6 Å². The minimum absolute atomic E-state index is 0.0979. The van der Waals surface area contributed by atoms with Gasteiger partial charge in [-0.05, 0) is 80.1 Å². The molecule has 2 saturated heterocycles. The van der Waals surface area contributed by atoms with Gasteiger partial charge in [0.2, 0.25) is 11.8 Å². The summed E-state index contributed by atoms with van der Waals surface area (Å²) in [5, 5.41) is 9.34. The fraction of sp³-hybridized carbons (Fsp3) is 0.372. The molecule has 4 heterocycles. The van der Waals surface area contributed by atoms with Crippen molar-refractivity contribution >= 4 is 17.9 Å².